The molecule has 0 saturated carbocycles. The van der Waals surface area contributed by atoms with Crippen molar-refractivity contribution in [1.29, 1.82) is 0 Å². The first-order valence-corrected chi connectivity index (χ1v) is 6.40. The maximum Gasteiger partial charge on any atom is 0.124 e. The molecule has 0 fully saturated rings. The van der Waals surface area contributed by atoms with Crippen LogP contribution in [0.4, 0.5) is 0 Å². The van der Waals surface area contributed by atoms with Gasteiger partial charge < -0.3 is 10.1 Å². The molecule has 0 aliphatic rings. The van der Waals surface area contributed by atoms with E-state index < -0.39 is 0 Å². The SMILES string of the molecule is CNCCCCc1cc(C)c(OC)c(C)c1C. The van der Waals surface area contributed by atoms with E-state index >= 15 is 0 Å². The minimum absolute atomic E-state index is 1.04. The second-order valence-corrected chi connectivity index (χ2v) is 4.70. The summed E-state index contributed by atoms with van der Waals surface area (Å²) in [5.41, 5.74) is 5.39. The van der Waals surface area contributed by atoms with Crippen LogP contribution in [-0.2, 0) is 6.42 Å². The Morgan fingerprint density at radius 3 is 2.41 bits per heavy atom. The zero-order valence-corrected chi connectivity index (χ0v) is 11.8. The van der Waals surface area contributed by atoms with Crippen molar-refractivity contribution >= 4 is 0 Å². The summed E-state index contributed by atoms with van der Waals surface area (Å²) in [5.74, 6) is 1.04. The molecule has 2 heteroatoms. The number of hydrogen-bond acceptors (Lipinski definition) is 2. The zero-order valence-electron chi connectivity index (χ0n) is 11.8. The predicted octanol–water partition coefficient (Wildman–Crippen LogP) is 3.16. The molecule has 0 spiro atoms. The molecule has 1 rings (SSSR count). The molecule has 0 unspecified atom stereocenters. The summed E-state index contributed by atoms with van der Waals surface area (Å²) in [5, 5.41) is 3.19. The van der Waals surface area contributed by atoms with Crippen molar-refractivity contribution in [2.45, 2.75) is 40.0 Å². The second-order valence-electron chi connectivity index (χ2n) is 4.70. The zero-order chi connectivity index (χ0) is 12.8. The molecule has 1 N–H and O–H groups in total. The minimum atomic E-state index is 1.04. The molecule has 0 amide bonds. The van der Waals surface area contributed by atoms with Crippen molar-refractivity contribution in [2.24, 2.45) is 0 Å². The highest BCUT2D eigenvalue weighted by molar-refractivity contribution is 5.48. The topological polar surface area (TPSA) is 21.3 Å². The van der Waals surface area contributed by atoms with Gasteiger partial charge in [-0.15, -0.1) is 0 Å². The quantitative estimate of drug-likeness (QED) is 0.765. The van der Waals surface area contributed by atoms with Crippen LogP contribution >= 0.6 is 0 Å². The highest BCUT2D eigenvalue weighted by Gasteiger charge is 2.09. The van der Waals surface area contributed by atoms with Crippen molar-refractivity contribution in [3.63, 3.8) is 0 Å². The van der Waals surface area contributed by atoms with E-state index in [1.807, 2.05) is 7.05 Å². The first-order valence-electron chi connectivity index (χ1n) is 6.40. The van der Waals surface area contributed by atoms with Gasteiger partial charge in [-0.2, -0.15) is 0 Å². The summed E-state index contributed by atoms with van der Waals surface area (Å²) in [7, 11) is 3.76. The second kappa shape index (κ2) is 6.65. The summed E-state index contributed by atoms with van der Waals surface area (Å²) in [6.07, 6.45) is 3.64. The van der Waals surface area contributed by atoms with Crippen molar-refractivity contribution in [3.8, 4) is 5.75 Å². The Balaban J connectivity index is 2.80. The fourth-order valence-electron chi connectivity index (χ4n) is 2.33. The average Bonchev–Trinajstić information content (AvgIpc) is 2.31. The predicted molar refractivity (Wildman–Crippen MR) is 74.1 cm³/mol. The van der Waals surface area contributed by atoms with E-state index in [4.69, 9.17) is 4.74 Å². The standard InChI is InChI=1S/C15H25NO/c1-11-10-14(8-6-7-9-16-4)12(2)13(3)15(11)17-5/h10,16H,6-9H2,1-5H3. The molecule has 0 aromatic heterocycles. The fraction of sp³-hybridized carbons (Fsp3) is 0.600. The van der Waals surface area contributed by atoms with E-state index in [0.29, 0.717) is 0 Å². The van der Waals surface area contributed by atoms with Crippen LogP contribution in [-0.4, -0.2) is 20.7 Å². The molecule has 0 heterocycles. The molecule has 1 aromatic rings. The van der Waals surface area contributed by atoms with Crippen LogP contribution in [0.2, 0.25) is 0 Å². The third-order valence-corrected chi connectivity index (χ3v) is 3.46. The lowest BCUT2D eigenvalue weighted by atomic mass is 9.95. The van der Waals surface area contributed by atoms with Crippen molar-refractivity contribution in [2.75, 3.05) is 20.7 Å². The monoisotopic (exact) mass is 235 g/mol. The molecular weight excluding hydrogens is 210 g/mol. The smallest absolute Gasteiger partial charge is 0.124 e. The molecule has 0 aliphatic heterocycles. The third-order valence-electron chi connectivity index (χ3n) is 3.46. The number of rotatable bonds is 6. The number of unbranched alkanes of at least 4 members (excludes halogenated alkanes) is 1. The Labute approximate surface area is 105 Å². The molecular formula is C15H25NO. The fourth-order valence-corrected chi connectivity index (χ4v) is 2.33. The van der Waals surface area contributed by atoms with E-state index in [2.05, 4.69) is 32.2 Å². The molecule has 0 saturated heterocycles. The Morgan fingerprint density at radius 2 is 1.82 bits per heavy atom. The largest absolute Gasteiger partial charge is 0.496 e. The average molecular weight is 235 g/mol. The summed E-state index contributed by atoms with van der Waals surface area (Å²) in [4.78, 5) is 0. The van der Waals surface area contributed by atoms with E-state index in [1.165, 1.54) is 41.5 Å². The van der Waals surface area contributed by atoms with E-state index in [0.717, 1.165) is 12.3 Å². The molecule has 17 heavy (non-hydrogen) atoms. The molecule has 2 nitrogen and oxygen atoms in total. The summed E-state index contributed by atoms with van der Waals surface area (Å²) in [6.45, 7) is 7.58. The van der Waals surface area contributed by atoms with Crippen LogP contribution in [0, 0.1) is 20.8 Å². The van der Waals surface area contributed by atoms with E-state index in [1.54, 1.807) is 7.11 Å². The van der Waals surface area contributed by atoms with Gasteiger partial charge in [0.05, 0.1) is 7.11 Å². The van der Waals surface area contributed by atoms with Gasteiger partial charge in [-0.1, -0.05) is 6.07 Å². The summed E-state index contributed by atoms with van der Waals surface area (Å²) < 4.78 is 5.44. The third kappa shape index (κ3) is 3.47. The van der Waals surface area contributed by atoms with Crippen LogP contribution in [0.1, 0.15) is 35.1 Å². The molecule has 1 aromatic carbocycles. The highest BCUT2D eigenvalue weighted by Crippen LogP contribution is 2.29. The Kier molecular flexibility index (Phi) is 5.49. The normalized spacial score (nSPS) is 10.6. The van der Waals surface area contributed by atoms with E-state index in [9.17, 15) is 0 Å². The number of hydrogen-bond donors (Lipinski definition) is 1. The van der Waals surface area contributed by atoms with Crippen molar-refractivity contribution in [1.82, 2.24) is 5.32 Å². The maximum atomic E-state index is 5.44. The van der Waals surface area contributed by atoms with Gasteiger partial charge >= 0.3 is 0 Å². The van der Waals surface area contributed by atoms with Gasteiger partial charge in [0.2, 0.25) is 0 Å². The maximum absolute atomic E-state index is 5.44. The number of nitrogens with one attached hydrogen (secondary N) is 1. The van der Waals surface area contributed by atoms with E-state index in [-0.39, 0.29) is 0 Å². The molecule has 0 bridgehead atoms. The summed E-state index contributed by atoms with van der Waals surface area (Å²) in [6, 6.07) is 2.28. The van der Waals surface area contributed by atoms with Crippen LogP contribution in [0.5, 0.6) is 5.75 Å². The Bertz CT molecular complexity index is 372. The number of benzene rings is 1. The van der Waals surface area contributed by atoms with Crippen LogP contribution in [0.25, 0.3) is 0 Å². The van der Waals surface area contributed by atoms with Gasteiger partial charge in [-0.05, 0) is 75.9 Å². The van der Waals surface area contributed by atoms with Gasteiger partial charge in [0.25, 0.3) is 0 Å². The van der Waals surface area contributed by atoms with Crippen molar-refractivity contribution in [3.05, 3.63) is 28.3 Å². The first-order chi connectivity index (χ1) is 8.11. The van der Waals surface area contributed by atoms with Crippen LogP contribution in [0.15, 0.2) is 6.07 Å². The Morgan fingerprint density at radius 1 is 1.12 bits per heavy atom. The summed E-state index contributed by atoms with van der Waals surface area (Å²) >= 11 is 0. The first kappa shape index (κ1) is 14.0. The molecule has 0 aliphatic carbocycles. The van der Waals surface area contributed by atoms with Gasteiger partial charge in [0, 0.05) is 0 Å². The van der Waals surface area contributed by atoms with Crippen molar-refractivity contribution < 1.29 is 4.74 Å². The van der Waals surface area contributed by atoms with Crippen LogP contribution in [0.3, 0.4) is 0 Å². The Hall–Kier alpha value is -1.02. The lowest BCUT2D eigenvalue weighted by Crippen LogP contribution is -2.08. The molecule has 0 radical (unpaired) electrons. The highest BCUT2D eigenvalue weighted by atomic mass is 16.5. The lowest BCUT2D eigenvalue weighted by molar-refractivity contribution is 0.408. The lowest BCUT2D eigenvalue weighted by Gasteiger charge is -2.15. The number of ether oxygens (including phenoxy) is 1. The molecule has 0 atom stereocenters. The number of methoxy groups -OCH3 is 1. The van der Waals surface area contributed by atoms with Gasteiger partial charge in [-0.25, -0.2) is 0 Å². The van der Waals surface area contributed by atoms with Gasteiger partial charge in [-0.3, -0.25) is 0 Å². The van der Waals surface area contributed by atoms with Gasteiger partial charge in [0.15, 0.2) is 0 Å². The molecule has 96 valence electrons. The van der Waals surface area contributed by atoms with Gasteiger partial charge in [0.1, 0.15) is 5.75 Å². The minimum Gasteiger partial charge on any atom is -0.496 e. The number of aryl methyl sites for hydroxylation is 2. The van der Waals surface area contributed by atoms with Crippen LogP contribution < -0.4 is 10.1 Å².